The molecule has 35 heavy (non-hydrogen) atoms. The number of hydrogen-bond donors (Lipinski definition) is 1. The number of nitrogens with zero attached hydrogens (tertiary/aromatic N) is 4. The highest BCUT2D eigenvalue weighted by atomic mass is 35.5. The van der Waals surface area contributed by atoms with Crippen LogP contribution in [-0.2, 0) is 30.7 Å². The number of carbonyl (C=O) groups is 1. The van der Waals surface area contributed by atoms with Crippen molar-refractivity contribution in [2.75, 3.05) is 13.1 Å². The van der Waals surface area contributed by atoms with Crippen molar-refractivity contribution >= 4 is 39.1 Å². The summed E-state index contributed by atoms with van der Waals surface area (Å²) in [7, 11) is 0. The van der Waals surface area contributed by atoms with Gasteiger partial charge in [-0.1, -0.05) is 16.8 Å². The quantitative estimate of drug-likeness (QED) is 0.436. The SMILES string of the molecule is O=C1CCCN1Cc1cc2ncnc(-c3cc(Cl)cc4c3O[C@@H](c3onc5c3CNCC5)C4)c2s1. The average molecular weight is 508 g/mol. The molecule has 4 aromatic rings. The van der Waals surface area contributed by atoms with Crippen molar-refractivity contribution in [2.45, 2.75) is 44.9 Å². The lowest BCUT2D eigenvalue weighted by atomic mass is 10.0. The van der Waals surface area contributed by atoms with Gasteiger partial charge in [0.1, 0.15) is 12.1 Å². The van der Waals surface area contributed by atoms with Gasteiger partial charge >= 0.3 is 0 Å². The largest absolute Gasteiger partial charge is 0.481 e. The van der Waals surface area contributed by atoms with Gasteiger partial charge in [0.2, 0.25) is 5.91 Å². The number of likely N-dealkylation sites (tertiary alicyclic amines) is 1. The third kappa shape index (κ3) is 3.61. The molecule has 1 atom stereocenters. The molecular formula is C25H22ClN5O3S. The molecule has 0 bridgehead atoms. The molecule has 10 heteroatoms. The first-order valence-electron chi connectivity index (χ1n) is 11.8. The molecule has 0 spiro atoms. The third-order valence-electron chi connectivity index (χ3n) is 6.96. The summed E-state index contributed by atoms with van der Waals surface area (Å²) in [5, 5.41) is 8.31. The summed E-state index contributed by atoms with van der Waals surface area (Å²) in [5.41, 5.74) is 5.64. The molecule has 8 nitrogen and oxygen atoms in total. The van der Waals surface area contributed by atoms with Crippen LogP contribution in [0.25, 0.3) is 21.5 Å². The Morgan fingerprint density at radius 1 is 1.23 bits per heavy atom. The molecule has 0 radical (unpaired) electrons. The van der Waals surface area contributed by atoms with Crippen LogP contribution in [0.3, 0.4) is 0 Å². The standard InChI is InChI=1S/C25H22ClN5O3S/c26-14-6-13-7-20(24-17-10-27-4-3-18(17)30-34-24)33-23(13)16(8-14)22-25-19(28-12-29-22)9-15(35-25)11-31-5-1-2-21(31)32/h6,8-9,12,20,27H,1-5,7,10-11H2/t20-/m1/s1. The molecule has 1 saturated heterocycles. The number of carbonyl (C=O) groups excluding carboxylic acids is 1. The fourth-order valence-electron chi connectivity index (χ4n) is 5.30. The average Bonchev–Trinajstić information content (AvgIpc) is 3.63. The maximum absolute atomic E-state index is 12.1. The summed E-state index contributed by atoms with van der Waals surface area (Å²) in [6.07, 6.45) is 4.40. The van der Waals surface area contributed by atoms with E-state index in [0.717, 1.165) is 87.2 Å². The smallest absolute Gasteiger partial charge is 0.222 e. The van der Waals surface area contributed by atoms with Crippen molar-refractivity contribution in [3.05, 3.63) is 57.0 Å². The normalized spacial score (nSPS) is 19.3. The van der Waals surface area contributed by atoms with Crippen LogP contribution < -0.4 is 10.1 Å². The van der Waals surface area contributed by atoms with Gasteiger partial charge in [0.05, 0.1) is 28.1 Å². The topological polar surface area (TPSA) is 93.4 Å². The van der Waals surface area contributed by atoms with Crippen molar-refractivity contribution in [1.29, 1.82) is 0 Å². The number of benzene rings is 1. The lowest BCUT2D eigenvalue weighted by molar-refractivity contribution is -0.128. The zero-order valence-corrected chi connectivity index (χ0v) is 20.4. The predicted molar refractivity (Wildman–Crippen MR) is 131 cm³/mol. The van der Waals surface area contributed by atoms with Crippen LogP contribution in [0.15, 0.2) is 29.0 Å². The molecule has 0 saturated carbocycles. The van der Waals surface area contributed by atoms with E-state index in [2.05, 4.69) is 26.5 Å². The minimum Gasteiger partial charge on any atom is -0.481 e. The number of nitrogens with one attached hydrogen (secondary N) is 1. The number of rotatable bonds is 4. The van der Waals surface area contributed by atoms with Crippen LogP contribution in [0.5, 0.6) is 5.75 Å². The van der Waals surface area contributed by atoms with Crippen LogP contribution in [0.2, 0.25) is 5.02 Å². The second-order valence-corrected chi connectivity index (χ2v) is 10.8. The van der Waals surface area contributed by atoms with E-state index < -0.39 is 0 Å². The summed E-state index contributed by atoms with van der Waals surface area (Å²) >= 11 is 8.19. The lowest BCUT2D eigenvalue weighted by Crippen LogP contribution is -2.24. The molecule has 7 rings (SSSR count). The summed E-state index contributed by atoms with van der Waals surface area (Å²) in [4.78, 5) is 24.3. The monoisotopic (exact) mass is 507 g/mol. The number of amides is 1. The van der Waals surface area contributed by atoms with E-state index in [1.54, 1.807) is 17.7 Å². The number of hydrogen-bond acceptors (Lipinski definition) is 8. The first-order chi connectivity index (χ1) is 17.1. The Labute approximate surface area is 210 Å². The molecule has 178 valence electrons. The van der Waals surface area contributed by atoms with E-state index in [0.29, 0.717) is 24.4 Å². The van der Waals surface area contributed by atoms with Gasteiger partial charge in [-0.25, -0.2) is 9.97 Å². The van der Waals surface area contributed by atoms with Crippen molar-refractivity contribution in [3.8, 4) is 17.0 Å². The van der Waals surface area contributed by atoms with E-state index >= 15 is 0 Å². The van der Waals surface area contributed by atoms with E-state index in [9.17, 15) is 4.79 Å². The number of aromatic nitrogens is 3. The number of ether oxygens (including phenoxy) is 1. The molecule has 3 aromatic heterocycles. The van der Waals surface area contributed by atoms with Gasteiger partial charge in [-0.05, 0) is 24.6 Å². The first kappa shape index (κ1) is 21.3. The zero-order chi connectivity index (χ0) is 23.5. The highest BCUT2D eigenvalue weighted by molar-refractivity contribution is 7.19. The Morgan fingerprint density at radius 2 is 2.17 bits per heavy atom. The van der Waals surface area contributed by atoms with E-state index in [1.165, 1.54) is 0 Å². The third-order valence-corrected chi connectivity index (χ3v) is 8.30. The highest BCUT2D eigenvalue weighted by Gasteiger charge is 2.35. The summed E-state index contributed by atoms with van der Waals surface area (Å²) in [5.74, 6) is 1.77. The van der Waals surface area contributed by atoms with Crippen LogP contribution in [0, 0.1) is 0 Å². The van der Waals surface area contributed by atoms with Crippen LogP contribution in [-0.4, -0.2) is 39.0 Å². The zero-order valence-electron chi connectivity index (χ0n) is 18.8. The molecule has 1 N–H and O–H groups in total. The Kier molecular flexibility index (Phi) is 5.04. The Bertz CT molecular complexity index is 1480. The molecule has 1 aromatic carbocycles. The van der Waals surface area contributed by atoms with Gasteiger partial charge < -0.3 is 19.5 Å². The van der Waals surface area contributed by atoms with Crippen molar-refractivity contribution in [3.63, 3.8) is 0 Å². The second kappa shape index (κ2) is 8.29. The van der Waals surface area contributed by atoms with Crippen LogP contribution >= 0.6 is 22.9 Å². The van der Waals surface area contributed by atoms with E-state index in [4.69, 9.17) is 20.9 Å². The van der Waals surface area contributed by atoms with Crippen molar-refractivity contribution in [1.82, 2.24) is 25.3 Å². The molecule has 3 aliphatic rings. The summed E-state index contributed by atoms with van der Waals surface area (Å²) < 4.78 is 13.2. The Morgan fingerprint density at radius 3 is 3.06 bits per heavy atom. The predicted octanol–water partition coefficient (Wildman–Crippen LogP) is 4.44. The fourth-order valence-corrected chi connectivity index (χ4v) is 6.66. The number of fused-ring (bicyclic) bond motifs is 3. The molecule has 0 unspecified atom stereocenters. The molecular weight excluding hydrogens is 486 g/mol. The lowest BCUT2D eigenvalue weighted by Gasteiger charge is -2.15. The van der Waals surface area contributed by atoms with Gasteiger partial charge in [0.15, 0.2) is 11.9 Å². The Hall–Kier alpha value is -3.01. The van der Waals surface area contributed by atoms with Gasteiger partial charge in [-0.15, -0.1) is 11.3 Å². The van der Waals surface area contributed by atoms with Gasteiger partial charge in [0, 0.05) is 65.5 Å². The minimum absolute atomic E-state index is 0.214. The van der Waals surface area contributed by atoms with Crippen molar-refractivity contribution in [2.24, 2.45) is 0 Å². The van der Waals surface area contributed by atoms with Gasteiger partial charge in [-0.3, -0.25) is 4.79 Å². The van der Waals surface area contributed by atoms with E-state index in [1.807, 2.05) is 17.0 Å². The number of thiophene rings is 1. The number of halogens is 1. The Balaban J connectivity index is 1.27. The summed E-state index contributed by atoms with van der Waals surface area (Å²) in [6.45, 7) is 3.06. The van der Waals surface area contributed by atoms with Crippen molar-refractivity contribution < 1.29 is 14.1 Å². The highest BCUT2D eigenvalue weighted by Crippen LogP contribution is 2.47. The molecule has 1 fully saturated rings. The maximum Gasteiger partial charge on any atom is 0.222 e. The van der Waals surface area contributed by atoms with Crippen LogP contribution in [0.4, 0.5) is 0 Å². The van der Waals surface area contributed by atoms with E-state index in [-0.39, 0.29) is 12.0 Å². The van der Waals surface area contributed by atoms with Gasteiger partial charge in [0.25, 0.3) is 0 Å². The molecule has 1 amide bonds. The summed E-state index contributed by atoms with van der Waals surface area (Å²) in [6, 6.07) is 5.92. The minimum atomic E-state index is -0.254. The molecule has 6 heterocycles. The fraction of sp³-hybridized carbons (Fsp3) is 0.360. The first-order valence-corrected chi connectivity index (χ1v) is 13.0. The maximum atomic E-state index is 12.1. The van der Waals surface area contributed by atoms with Crippen LogP contribution in [0.1, 0.15) is 46.4 Å². The second-order valence-electron chi connectivity index (χ2n) is 9.22. The van der Waals surface area contributed by atoms with Gasteiger partial charge in [-0.2, -0.15) is 0 Å². The molecule has 3 aliphatic heterocycles. The molecule has 0 aliphatic carbocycles.